The summed E-state index contributed by atoms with van der Waals surface area (Å²) in [7, 11) is 0. The van der Waals surface area contributed by atoms with E-state index in [4.69, 9.17) is 9.84 Å². The van der Waals surface area contributed by atoms with Gasteiger partial charge in [-0.1, -0.05) is 18.2 Å². The van der Waals surface area contributed by atoms with Crippen molar-refractivity contribution in [3.63, 3.8) is 0 Å². The van der Waals surface area contributed by atoms with Crippen molar-refractivity contribution in [3.8, 4) is 5.75 Å². The Balaban J connectivity index is 2.00. The van der Waals surface area contributed by atoms with Gasteiger partial charge in [0.2, 0.25) is 0 Å². The number of aliphatic hydroxyl groups excluding tert-OH is 1. The van der Waals surface area contributed by atoms with Gasteiger partial charge in [-0.2, -0.15) is 5.10 Å². The molecule has 0 saturated carbocycles. The third kappa shape index (κ3) is 4.57. The fourth-order valence-electron chi connectivity index (χ4n) is 2.33. The maximum atomic E-state index is 12.2. The summed E-state index contributed by atoms with van der Waals surface area (Å²) in [5.41, 5.74) is 2.26. The SMILES string of the molecule is Cc1ccccc1OCC(O)C(=O)Nc1c(C)nn(CC(=O)O)c1C. The molecule has 0 radical (unpaired) electrons. The highest BCUT2D eigenvalue weighted by Gasteiger charge is 2.21. The molecule has 0 bridgehead atoms. The molecular formula is C17H21N3O5. The molecule has 1 aromatic heterocycles. The number of hydrogen-bond donors (Lipinski definition) is 3. The summed E-state index contributed by atoms with van der Waals surface area (Å²) >= 11 is 0. The van der Waals surface area contributed by atoms with Crippen LogP contribution >= 0.6 is 0 Å². The molecule has 2 aromatic rings. The highest BCUT2D eigenvalue weighted by atomic mass is 16.5. The Bertz CT molecular complexity index is 785. The molecule has 0 aliphatic heterocycles. The number of anilines is 1. The molecule has 8 heteroatoms. The number of carbonyl (C=O) groups is 2. The van der Waals surface area contributed by atoms with Gasteiger partial charge < -0.3 is 20.3 Å². The second kappa shape index (κ2) is 7.80. The van der Waals surface area contributed by atoms with Crippen LogP contribution in [-0.4, -0.2) is 44.6 Å². The Morgan fingerprint density at radius 3 is 2.60 bits per heavy atom. The van der Waals surface area contributed by atoms with E-state index in [1.807, 2.05) is 19.1 Å². The second-order valence-corrected chi connectivity index (χ2v) is 5.68. The number of carboxylic acids is 1. The normalized spacial score (nSPS) is 11.8. The molecule has 134 valence electrons. The number of carbonyl (C=O) groups excluding carboxylic acids is 1. The first kappa shape index (κ1) is 18.5. The van der Waals surface area contributed by atoms with E-state index in [-0.39, 0.29) is 13.2 Å². The van der Waals surface area contributed by atoms with Crippen LogP contribution < -0.4 is 10.1 Å². The van der Waals surface area contributed by atoms with E-state index in [2.05, 4.69) is 10.4 Å². The van der Waals surface area contributed by atoms with E-state index in [0.29, 0.717) is 22.8 Å². The van der Waals surface area contributed by atoms with E-state index in [1.54, 1.807) is 26.0 Å². The third-order valence-corrected chi connectivity index (χ3v) is 3.71. The van der Waals surface area contributed by atoms with Gasteiger partial charge in [-0.15, -0.1) is 0 Å². The fourth-order valence-corrected chi connectivity index (χ4v) is 2.33. The minimum atomic E-state index is -1.37. The number of carboxylic acid groups (broad SMARTS) is 1. The molecule has 1 aromatic carbocycles. The summed E-state index contributed by atoms with van der Waals surface area (Å²) in [6, 6.07) is 7.29. The lowest BCUT2D eigenvalue weighted by Gasteiger charge is -2.14. The van der Waals surface area contributed by atoms with Crippen molar-refractivity contribution in [1.82, 2.24) is 9.78 Å². The Morgan fingerprint density at radius 2 is 1.96 bits per heavy atom. The van der Waals surface area contributed by atoms with Crippen LogP contribution in [0.25, 0.3) is 0 Å². The van der Waals surface area contributed by atoms with Crippen molar-refractivity contribution in [2.45, 2.75) is 33.4 Å². The zero-order valence-corrected chi connectivity index (χ0v) is 14.3. The molecular weight excluding hydrogens is 326 g/mol. The molecule has 0 saturated heterocycles. The second-order valence-electron chi connectivity index (χ2n) is 5.68. The topological polar surface area (TPSA) is 114 Å². The summed E-state index contributed by atoms with van der Waals surface area (Å²) in [4.78, 5) is 23.0. The first-order valence-corrected chi connectivity index (χ1v) is 7.72. The van der Waals surface area contributed by atoms with E-state index >= 15 is 0 Å². The molecule has 1 amide bonds. The number of aromatic nitrogens is 2. The van der Waals surface area contributed by atoms with E-state index in [0.717, 1.165) is 5.56 Å². The predicted octanol–water partition coefficient (Wildman–Crippen LogP) is 1.27. The number of nitrogens with zero attached hydrogens (tertiary/aromatic N) is 2. The van der Waals surface area contributed by atoms with Gasteiger partial charge >= 0.3 is 5.97 Å². The fraction of sp³-hybridized carbons (Fsp3) is 0.353. The highest BCUT2D eigenvalue weighted by molar-refractivity contribution is 5.95. The van der Waals surface area contributed by atoms with E-state index in [9.17, 15) is 14.7 Å². The van der Waals surface area contributed by atoms with Crippen LogP contribution in [-0.2, 0) is 16.1 Å². The molecule has 1 atom stereocenters. The number of ether oxygens (including phenoxy) is 1. The quantitative estimate of drug-likeness (QED) is 0.695. The summed E-state index contributed by atoms with van der Waals surface area (Å²) < 4.78 is 6.75. The van der Waals surface area contributed by atoms with Crippen LogP contribution in [0.2, 0.25) is 0 Å². The van der Waals surface area contributed by atoms with Gasteiger partial charge in [0.15, 0.2) is 6.10 Å². The number of aliphatic hydroxyl groups is 1. The van der Waals surface area contributed by atoms with Gasteiger partial charge in [-0.25, -0.2) is 0 Å². The minimum absolute atomic E-state index is 0.196. The van der Waals surface area contributed by atoms with E-state index in [1.165, 1.54) is 4.68 Å². The van der Waals surface area contributed by atoms with Gasteiger partial charge in [0, 0.05) is 0 Å². The summed E-state index contributed by atoms with van der Waals surface area (Å²) in [5, 5.41) is 25.5. The average Bonchev–Trinajstić information content (AvgIpc) is 2.80. The molecule has 2 rings (SSSR count). The third-order valence-electron chi connectivity index (χ3n) is 3.71. The Labute approximate surface area is 145 Å². The first-order chi connectivity index (χ1) is 11.8. The van der Waals surface area contributed by atoms with Crippen LogP contribution in [0, 0.1) is 20.8 Å². The molecule has 0 aliphatic rings. The Kier molecular flexibility index (Phi) is 5.76. The predicted molar refractivity (Wildman–Crippen MR) is 90.6 cm³/mol. The number of aryl methyl sites for hydroxylation is 2. The molecule has 1 heterocycles. The number of rotatable bonds is 7. The number of nitrogens with one attached hydrogen (secondary N) is 1. The van der Waals surface area contributed by atoms with Crippen molar-refractivity contribution < 1.29 is 24.5 Å². The monoisotopic (exact) mass is 347 g/mol. The number of amides is 1. The maximum absolute atomic E-state index is 12.2. The molecule has 0 fully saturated rings. The molecule has 8 nitrogen and oxygen atoms in total. The average molecular weight is 347 g/mol. The lowest BCUT2D eigenvalue weighted by molar-refractivity contribution is -0.138. The lowest BCUT2D eigenvalue weighted by Crippen LogP contribution is -2.33. The molecule has 0 aliphatic carbocycles. The van der Waals surface area contributed by atoms with Gasteiger partial charge in [0.05, 0.1) is 17.1 Å². The number of aliphatic carboxylic acids is 1. The van der Waals surface area contributed by atoms with Gasteiger partial charge in [-0.05, 0) is 32.4 Å². The van der Waals surface area contributed by atoms with Crippen molar-refractivity contribution in [2.24, 2.45) is 0 Å². The van der Waals surface area contributed by atoms with Gasteiger partial charge in [-0.3, -0.25) is 14.3 Å². The van der Waals surface area contributed by atoms with Gasteiger partial charge in [0.1, 0.15) is 18.9 Å². The van der Waals surface area contributed by atoms with E-state index < -0.39 is 18.0 Å². The molecule has 0 spiro atoms. The number of benzene rings is 1. The number of para-hydroxylation sites is 1. The maximum Gasteiger partial charge on any atom is 0.325 e. The van der Waals surface area contributed by atoms with Gasteiger partial charge in [0.25, 0.3) is 5.91 Å². The van der Waals surface area contributed by atoms with Crippen LogP contribution in [0.15, 0.2) is 24.3 Å². The Hall–Kier alpha value is -2.87. The molecule has 25 heavy (non-hydrogen) atoms. The lowest BCUT2D eigenvalue weighted by atomic mass is 10.2. The number of hydrogen-bond acceptors (Lipinski definition) is 5. The summed E-state index contributed by atoms with van der Waals surface area (Å²) in [5.74, 6) is -1.08. The van der Waals surface area contributed by atoms with Crippen LogP contribution in [0.3, 0.4) is 0 Å². The van der Waals surface area contributed by atoms with Crippen LogP contribution in [0.4, 0.5) is 5.69 Å². The first-order valence-electron chi connectivity index (χ1n) is 7.72. The standard InChI is InChI=1S/C17H21N3O5/c1-10-6-4-5-7-14(10)25-9-13(21)17(24)18-16-11(2)19-20(12(16)3)8-15(22)23/h4-7,13,21H,8-9H2,1-3H3,(H,18,24)(H,22,23). The van der Waals surface area contributed by atoms with Crippen molar-refractivity contribution >= 4 is 17.6 Å². The minimum Gasteiger partial charge on any atom is -0.490 e. The Morgan fingerprint density at radius 1 is 1.28 bits per heavy atom. The van der Waals surface area contributed by atoms with Crippen molar-refractivity contribution in [2.75, 3.05) is 11.9 Å². The largest absolute Gasteiger partial charge is 0.490 e. The summed E-state index contributed by atoms with van der Waals surface area (Å²) in [6.45, 7) is 4.66. The van der Waals surface area contributed by atoms with Crippen molar-refractivity contribution in [3.05, 3.63) is 41.2 Å². The smallest absolute Gasteiger partial charge is 0.325 e. The summed E-state index contributed by atoms with van der Waals surface area (Å²) in [6.07, 6.45) is -1.37. The van der Waals surface area contributed by atoms with Crippen molar-refractivity contribution in [1.29, 1.82) is 0 Å². The van der Waals surface area contributed by atoms with Crippen LogP contribution in [0.1, 0.15) is 17.0 Å². The van der Waals surface area contributed by atoms with Crippen LogP contribution in [0.5, 0.6) is 5.75 Å². The molecule has 1 unspecified atom stereocenters. The highest BCUT2D eigenvalue weighted by Crippen LogP contribution is 2.20. The zero-order valence-electron chi connectivity index (χ0n) is 14.3. The molecule has 3 N–H and O–H groups in total. The zero-order chi connectivity index (χ0) is 18.6.